The number of amides is 1. The van der Waals surface area contributed by atoms with Gasteiger partial charge in [0.1, 0.15) is 15.8 Å². The average Bonchev–Trinajstić information content (AvgIpc) is 3.19. The van der Waals surface area contributed by atoms with Gasteiger partial charge in [0.05, 0.1) is 29.7 Å². The van der Waals surface area contributed by atoms with Crippen LogP contribution in [0, 0.1) is 0 Å². The SMILES string of the molecule is COc1ccc(OC)c(C(=O)Nc2nnc(-c3cc(Cl)sc3Cl)o2)c1. The summed E-state index contributed by atoms with van der Waals surface area (Å²) in [6.45, 7) is 0. The zero-order valence-electron chi connectivity index (χ0n) is 13.0. The number of anilines is 1. The summed E-state index contributed by atoms with van der Waals surface area (Å²) in [6.07, 6.45) is 0. The Balaban J connectivity index is 1.84. The van der Waals surface area contributed by atoms with Crippen LogP contribution < -0.4 is 14.8 Å². The molecule has 0 saturated heterocycles. The second-order valence-electron chi connectivity index (χ2n) is 4.67. The number of carbonyl (C=O) groups excluding carboxylic acids is 1. The van der Waals surface area contributed by atoms with Crippen molar-refractivity contribution in [3.05, 3.63) is 38.5 Å². The monoisotopic (exact) mass is 399 g/mol. The van der Waals surface area contributed by atoms with Gasteiger partial charge in [0, 0.05) is 0 Å². The predicted molar refractivity (Wildman–Crippen MR) is 95.1 cm³/mol. The van der Waals surface area contributed by atoms with Crippen molar-refractivity contribution in [3.8, 4) is 23.0 Å². The number of benzene rings is 1. The maximum atomic E-state index is 12.5. The molecule has 0 radical (unpaired) electrons. The highest BCUT2D eigenvalue weighted by atomic mass is 35.5. The zero-order valence-corrected chi connectivity index (χ0v) is 15.3. The summed E-state index contributed by atoms with van der Waals surface area (Å²) in [5.74, 6) is 0.559. The summed E-state index contributed by atoms with van der Waals surface area (Å²) in [4.78, 5) is 12.5. The van der Waals surface area contributed by atoms with Crippen molar-refractivity contribution in [2.45, 2.75) is 0 Å². The highest BCUT2D eigenvalue weighted by Gasteiger charge is 2.19. The Hall–Kier alpha value is -2.29. The average molecular weight is 400 g/mol. The molecule has 0 spiro atoms. The molecule has 2 heterocycles. The maximum Gasteiger partial charge on any atom is 0.322 e. The summed E-state index contributed by atoms with van der Waals surface area (Å²) in [5, 5.41) is 10.2. The molecular weight excluding hydrogens is 389 g/mol. The first-order chi connectivity index (χ1) is 12.0. The number of hydrogen-bond donors (Lipinski definition) is 1. The van der Waals surface area contributed by atoms with E-state index in [-0.39, 0.29) is 17.5 Å². The van der Waals surface area contributed by atoms with Crippen molar-refractivity contribution in [2.24, 2.45) is 0 Å². The number of rotatable bonds is 5. The normalized spacial score (nSPS) is 10.6. The van der Waals surface area contributed by atoms with E-state index in [1.54, 1.807) is 24.3 Å². The van der Waals surface area contributed by atoms with Gasteiger partial charge in [-0.2, -0.15) is 0 Å². The van der Waals surface area contributed by atoms with E-state index in [1.165, 1.54) is 25.6 Å². The highest BCUT2D eigenvalue weighted by Crippen LogP contribution is 2.37. The number of nitrogens with one attached hydrogen (secondary N) is 1. The van der Waals surface area contributed by atoms with Crippen molar-refractivity contribution in [3.63, 3.8) is 0 Å². The number of ether oxygens (including phenoxy) is 2. The number of halogens is 2. The Labute approximate surface area is 156 Å². The van der Waals surface area contributed by atoms with Gasteiger partial charge in [-0.05, 0) is 24.3 Å². The quantitative estimate of drug-likeness (QED) is 0.684. The molecule has 0 fully saturated rings. The van der Waals surface area contributed by atoms with E-state index in [0.717, 1.165) is 0 Å². The zero-order chi connectivity index (χ0) is 18.0. The first kappa shape index (κ1) is 17.5. The van der Waals surface area contributed by atoms with Crippen LogP contribution in [-0.2, 0) is 0 Å². The van der Waals surface area contributed by atoms with Gasteiger partial charge in [-0.3, -0.25) is 10.1 Å². The molecule has 130 valence electrons. The van der Waals surface area contributed by atoms with Gasteiger partial charge in [-0.25, -0.2) is 0 Å². The minimum atomic E-state index is -0.486. The second kappa shape index (κ2) is 7.30. The summed E-state index contributed by atoms with van der Waals surface area (Å²) in [7, 11) is 2.97. The largest absolute Gasteiger partial charge is 0.497 e. The fourth-order valence-electron chi connectivity index (χ4n) is 2.02. The van der Waals surface area contributed by atoms with Crippen molar-refractivity contribution in [1.29, 1.82) is 0 Å². The van der Waals surface area contributed by atoms with Gasteiger partial charge in [-0.15, -0.1) is 16.4 Å². The molecule has 10 heteroatoms. The van der Waals surface area contributed by atoms with Gasteiger partial charge >= 0.3 is 6.01 Å². The molecular formula is C15H11Cl2N3O4S. The third kappa shape index (κ3) is 3.71. The smallest absolute Gasteiger partial charge is 0.322 e. The van der Waals surface area contributed by atoms with Crippen LogP contribution in [0.5, 0.6) is 11.5 Å². The lowest BCUT2D eigenvalue weighted by Gasteiger charge is -2.09. The van der Waals surface area contributed by atoms with Crippen LogP contribution in [-0.4, -0.2) is 30.3 Å². The number of carbonyl (C=O) groups is 1. The van der Waals surface area contributed by atoms with Crippen LogP contribution in [0.4, 0.5) is 6.01 Å². The van der Waals surface area contributed by atoms with E-state index in [0.29, 0.717) is 25.7 Å². The van der Waals surface area contributed by atoms with Crippen LogP contribution in [0.3, 0.4) is 0 Å². The number of aromatic nitrogens is 2. The molecule has 0 saturated carbocycles. The molecule has 25 heavy (non-hydrogen) atoms. The van der Waals surface area contributed by atoms with Crippen LogP contribution in [0.15, 0.2) is 28.7 Å². The van der Waals surface area contributed by atoms with Gasteiger partial charge in [0.15, 0.2) is 0 Å². The van der Waals surface area contributed by atoms with Crippen LogP contribution in [0.1, 0.15) is 10.4 Å². The van der Waals surface area contributed by atoms with E-state index in [1.807, 2.05) is 0 Å². The van der Waals surface area contributed by atoms with E-state index in [9.17, 15) is 4.79 Å². The summed E-state index contributed by atoms with van der Waals surface area (Å²) >= 11 is 13.1. The lowest BCUT2D eigenvalue weighted by atomic mass is 10.1. The molecule has 7 nitrogen and oxygen atoms in total. The Morgan fingerprint density at radius 3 is 2.64 bits per heavy atom. The van der Waals surface area contributed by atoms with Gasteiger partial charge < -0.3 is 13.9 Å². The predicted octanol–water partition coefficient (Wildman–Crippen LogP) is 4.37. The van der Waals surface area contributed by atoms with Crippen LogP contribution in [0.25, 0.3) is 11.5 Å². The van der Waals surface area contributed by atoms with Gasteiger partial charge in [-0.1, -0.05) is 28.3 Å². The summed E-state index contributed by atoms with van der Waals surface area (Å²) in [6, 6.07) is 6.38. The molecule has 0 aliphatic carbocycles. The number of methoxy groups -OCH3 is 2. The van der Waals surface area contributed by atoms with E-state index < -0.39 is 5.91 Å². The van der Waals surface area contributed by atoms with E-state index >= 15 is 0 Å². The van der Waals surface area contributed by atoms with Crippen molar-refractivity contribution < 1.29 is 18.7 Å². The van der Waals surface area contributed by atoms with E-state index in [4.69, 9.17) is 37.1 Å². The molecule has 0 unspecified atom stereocenters. The second-order valence-corrected chi connectivity index (χ2v) is 6.96. The molecule has 1 aromatic carbocycles. The van der Waals surface area contributed by atoms with Gasteiger partial charge in [0.25, 0.3) is 11.8 Å². The maximum absolute atomic E-state index is 12.5. The number of nitrogens with zero attached hydrogens (tertiary/aromatic N) is 2. The van der Waals surface area contributed by atoms with Crippen molar-refractivity contribution in [1.82, 2.24) is 10.2 Å². The fourth-order valence-corrected chi connectivity index (χ4v) is 3.47. The standard InChI is InChI=1S/C15H11Cl2N3O4S/c1-22-7-3-4-10(23-2)8(5-7)13(21)18-15-20-19-14(24-15)9-6-11(16)25-12(9)17/h3-6H,1-2H3,(H,18,20,21). The molecule has 1 N–H and O–H groups in total. The molecule has 0 aliphatic heterocycles. The highest BCUT2D eigenvalue weighted by molar-refractivity contribution is 7.20. The number of thiophene rings is 1. The first-order valence-electron chi connectivity index (χ1n) is 6.84. The first-order valence-corrected chi connectivity index (χ1v) is 8.41. The van der Waals surface area contributed by atoms with Crippen LogP contribution >= 0.6 is 34.5 Å². The van der Waals surface area contributed by atoms with E-state index in [2.05, 4.69) is 15.5 Å². The minimum absolute atomic E-state index is 0.0803. The fraction of sp³-hybridized carbons (Fsp3) is 0.133. The Morgan fingerprint density at radius 1 is 1.20 bits per heavy atom. The Morgan fingerprint density at radius 2 is 2.00 bits per heavy atom. The van der Waals surface area contributed by atoms with Crippen LogP contribution in [0.2, 0.25) is 8.67 Å². The van der Waals surface area contributed by atoms with Crippen molar-refractivity contribution in [2.75, 3.05) is 19.5 Å². The lowest BCUT2D eigenvalue weighted by molar-refractivity contribution is 0.102. The Kier molecular flexibility index (Phi) is 5.12. The molecule has 3 aromatic rings. The van der Waals surface area contributed by atoms with Crippen molar-refractivity contribution >= 4 is 46.5 Å². The lowest BCUT2D eigenvalue weighted by Crippen LogP contribution is -2.13. The van der Waals surface area contributed by atoms with Gasteiger partial charge in [0.2, 0.25) is 0 Å². The molecule has 0 atom stereocenters. The third-order valence-corrected chi connectivity index (χ3v) is 4.67. The summed E-state index contributed by atoms with van der Waals surface area (Å²) < 4.78 is 16.6. The summed E-state index contributed by atoms with van der Waals surface area (Å²) in [5.41, 5.74) is 0.766. The molecule has 0 aliphatic rings. The molecule has 3 rings (SSSR count). The molecule has 2 aromatic heterocycles. The number of hydrogen-bond acceptors (Lipinski definition) is 7. The Bertz CT molecular complexity index is 925. The topological polar surface area (TPSA) is 86.5 Å². The minimum Gasteiger partial charge on any atom is -0.497 e. The molecule has 1 amide bonds. The molecule has 0 bridgehead atoms. The third-order valence-electron chi connectivity index (χ3n) is 3.18.